The van der Waals surface area contributed by atoms with Crippen molar-refractivity contribution in [1.29, 1.82) is 0 Å². The van der Waals surface area contributed by atoms with Gasteiger partial charge in [-0.05, 0) is 25.5 Å². The van der Waals surface area contributed by atoms with Crippen molar-refractivity contribution in [2.75, 3.05) is 13.2 Å². The largest absolute Gasteiger partial charge is 0.493 e. The quantitative estimate of drug-likeness (QED) is 0.873. The lowest BCUT2D eigenvalue weighted by molar-refractivity contribution is 0.274. The molecule has 2 aromatic rings. The normalized spacial score (nSPS) is 17.8. The van der Waals surface area contributed by atoms with Crippen molar-refractivity contribution in [1.82, 2.24) is 15.2 Å². The van der Waals surface area contributed by atoms with Gasteiger partial charge in [0.15, 0.2) is 5.82 Å². The van der Waals surface area contributed by atoms with Crippen LogP contribution in [0.25, 0.3) is 0 Å². The Balaban J connectivity index is 1.85. The van der Waals surface area contributed by atoms with Gasteiger partial charge in [0.1, 0.15) is 11.6 Å². The second kappa shape index (κ2) is 5.40. The maximum absolute atomic E-state index is 5.66. The van der Waals surface area contributed by atoms with Crippen LogP contribution < -0.4 is 10.5 Å². The number of aryl methyl sites for hydroxylation is 1. The van der Waals surface area contributed by atoms with Crippen molar-refractivity contribution in [3.8, 4) is 5.75 Å². The molecule has 5 heteroatoms. The zero-order valence-corrected chi connectivity index (χ0v) is 10.8. The van der Waals surface area contributed by atoms with Gasteiger partial charge in [-0.25, -0.2) is 4.98 Å². The number of nitrogens with two attached hydrogens (primary N) is 1. The standard InChI is InChI=1S/C14H18N4O/c15-8-3-6-13-16-14(18-17-13)11-7-9-19-12-5-2-1-4-10(11)12/h1-2,4-5,11H,3,6-9,15H2,(H,16,17,18). The molecule has 1 atom stereocenters. The first kappa shape index (κ1) is 12.2. The average molecular weight is 258 g/mol. The van der Waals surface area contributed by atoms with Crippen LogP contribution in [0.2, 0.25) is 0 Å². The third-order valence-electron chi connectivity index (χ3n) is 3.44. The van der Waals surface area contributed by atoms with E-state index in [1.54, 1.807) is 0 Å². The fourth-order valence-electron chi connectivity index (χ4n) is 2.46. The molecule has 0 spiro atoms. The molecule has 1 aliphatic heterocycles. The molecule has 0 amide bonds. The van der Waals surface area contributed by atoms with Crippen LogP contribution in [0.1, 0.15) is 36.0 Å². The van der Waals surface area contributed by atoms with E-state index in [2.05, 4.69) is 21.2 Å². The zero-order chi connectivity index (χ0) is 13.1. The van der Waals surface area contributed by atoms with Crippen LogP contribution in [0, 0.1) is 0 Å². The maximum atomic E-state index is 5.66. The molecule has 5 nitrogen and oxygen atoms in total. The van der Waals surface area contributed by atoms with Crippen molar-refractivity contribution < 1.29 is 4.74 Å². The molecule has 3 rings (SSSR count). The molecule has 0 saturated heterocycles. The zero-order valence-electron chi connectivity index (χ0n) is 10.8. The van der Waals surface area contributed by atoms with E-state index in [4.69, 9.17) is 10.5 Å². The Morgan fingerprint density at radius 1 is 1.37 bits per heavy atom. The van der Waals surface area contributed by atoms with Crippen LogP contribution in [0.3, 0.4) is 0 Å². The second-order valence-corrected chi connectivity index (χ2v) is 4.76. The lowest BCUT2D eigenvalue weighted by Gasteiger charge is -2.23. The number of aromatic nitrogens is 3. The Kier molecular flexibility index (Phi) is 3.46. The third-order valence-corrected chi connectivity index (χ3v) is 3.44. The van der Waals surface area contributed by atoms with Crippen LogP contribution in [0.4, 0.5) is 0 Å². The Bertz CT molecular complexity index is 552. The number of nitrogens with zero attached hydrogens (tertiary/aromatic N) is 2. The summed E-state index contributed by atoms with van der Waals surface area (Å²) in [5, 5.41) is 7.37. The van der Waals surface area contributed by atoms with Gasteiger partial charge < -0.3 is 10.5 Å². The fourth-order valence-corrected chi connectivity index (χ4v) is 2.46. The maximum Gasteiger partial charge on any atom is 0.158 e. The third kappa shape index (κ3) is 2.46. The summed E-state index contributed by atoms with van der Waals surface area (Å²) in [6.07, 6.45) is 2.71. The molecular weight excluding hydrogens is 240 g/mol. The highest BCUT2D eigenvalue weighted by Crippen LogP contribution is 2.36. The van der Waals surface area contributed by atoms with Gasteiger partial charge in [-0.2, -0.15) is 5.10 Å². The Hall–Kier alpha value is -1.88. The van der Waals surface area contributed by atoms with E-state index in [1.165, 1.54) is 5.56 Å². The van der Waals surface area contributed by atoms with Gasteiger partial charge in [0, 0.05) is 12.0 Å². The van der Waals surface area contributed by atoms with Crippen molar-refractivity contribution in [2.24, 2.45) is 5.73 Å². The van der Waals surface area contributed by atoms with E-state index in [1.807, 2.05) is 18.2 Å². The molecule has 0 saturated carbocycles. The Labute approximate surface area is 112 Å². The smallest absolute Gasteiger partial charge is 0.158 e. The minimum atomic E-state index is 0.229. The number of rotatable bonds is 4. The average Bonchev–Trinajstić information content (AvgIpc) is 2.93. The summed E-state index contributed by atoms with van der Waals surface area (Å²) in [7, 11) is 0. The second-order valence-electron chi connectivity index (χ2n) is 4.76. The number of benzene rings is 1. The van der Waals surface area contributed by atoms with E-state index in [0.29, 0.717) is 13.2 Å². The molecule has 1 aromatic carbocycles. The van der Waals surface area contributed by atoms with Crippen molar-refractivity contribution >= 4 is 0 Å². The summed E-state index contributed by atoms with van der Waals surface area (Å²) in [4.78, 5) is 4.59. The van der Waals surface area contributed by atoms with Gasteiger partial charge in [0.25, 0.3) is 0 Å². The van der Waals surface area contributed by atoms with E-state index in [9.17, 15) is 0 Å². The lowest BCUT2D eigenvalue weighted by atomic mass is 9.92. The SMILES string of the molecule is NCCCc1nc(C2CCOc3ccccc32)n[nH]1. The summed E-state index contributed by atoms with van der Waals surface area (Å²) in [6.45, 7) is 1.39. The van der Waals surface area contributed by atoms with E-state index in [0.717, 1.165) is 36.7 Å². The highest BCUT2D eigenvalue weighted by atomic mass is 16.5. The minimum Gasteiger partial charge on any atom is -0.493 e. The van der Waals surface area contributed by atoms with E-state index >= 15 is 0 Å². The van der Waals surface area contributed by atoms with Gasteiger partial charge in [-0.1, -0.05) is 18.2 Å². The van der Waals surface area contributed by atoms with Crippen LogP contribution in [0.15, 0.2) is 24.3 Å². The number of para-hydroxylation sites is 1. The monoisotopic (exact) mass is 258 g/mol. The Morgan fingerprint density at radius 3 is 3.16 bits per heavy atom. The molecule has 0 radical (unpaired) electrons. The summed E-state index contributed by atoms with van der Waals surface area (Å²) in [6, 6.07) is 8.12. The van der Waals surface area contributed by atoms with Crippen molar-refractivity contribution in [3.63, 3.8) is 0 Å². The predicted molar refractivity (Wildman–Crippen MR) is 72.2 cm³/mol. The molecule has 0 fully saturated rings. The first-order chi connectivity index (χ1) is 9.38. The van der Waals surface area contributed by atoms with Crippen LogP contribution >= 0.6 is 0 Å². The highest BCUT2D eigenvalue weighted by Gasteiger charge is 2.25. The predicted octanol–water partition coefficient (Wildman–Crippen LogP) is 1.61. The number of nitrogens with one attached hydrogen (secondary N) is 1. The molecule has 2 heterocycles. The van der Waals surface area contributed by atoms with E-state index in [-0.39, 0.29) is 5.92 Å². The molecule has 100 valence electrons. The van der Waals surface area contributed by atoms with Crippen LogP contribution in [0.5, 0.6) is 5.75 Å². The number of fused-ring (bicyclic) bond motifs is 1. The summed E-state index contributed by atoms with van der Waals surface area (Å²) in [5.41, 5.74) is 6.69. The van der Waals surface area contributed by atoms with Gasteiger partial charge >= 0.3 is 0 Å². The van der Waals surface area contributed by atoms with Gasteiger partial charge in [-0.3, -0.25) is 5.10 Å². The van der Waals surface area contributed by atoms with Crippen molar-refractivity contribution in [2.45, 2.75) is 25.2 Å². The number of H-pyrrole nitrogens is 1. The molecule has 19 heavy (non-hydrogen) atoms. The topological polar surface area (TPSA) is 76.8 Å². The number of hydrogen-bond donors (Lipinski definition) is 2. The molecule has 1 aliphatic rings. The molecule has 1 unspecified atom stereocenters. The molecular formula is C14H18N4O. The number of hydrogen-bond acceptors (Lipinski definition) is 4. The molecule has 0 aliphatic carbocycles. The summed E-state index contributed by atoms with van der Waals surface area (Å²) >= 11 is 0. The molecule has 1 aromatic heterocycles. The van der Waals surface area contributed by atoms with Crippen LogP contribution in [-0.2, 0) is 6.42 Å². The minimum absolute atomic E-state index is 0.229. The van der Waals surface area contributed by atoms with Crippen LogP contribution in [-0.4, -0.2) is 28.3 Å². The molecule has 0 bridgehead atoms. The number of ether oxygens (including phenoxy) is 1. The van der Waals surface area contributed by atoms with Gasteiger partial charge in [0.05, 0.1) is 12.5 Å². The van der Waals surface area contributed by atoms with E-state index < -0.39 is 0 Å². The highest BCUT2D eigenvalue weighted by molar-refractivity contribution is 5.40. The Morgan fingerprint density at radius 2 is 2.26 bits per heavy atom. The summed E-state index contributed by atoms with van der Waals surface area (Å²) < 4.78 is 5.66. The number of aromatic amines is 1. The summed E-state index contributed by atoms with van der Waals surface area (Å²) in [5.74, 6) is 2.96. The van der Waals surface area contributed by atoms with Gasteiger partial charge in [-0.15, -0.1) is 0 Å². The van der Waals surface area contributed by atoms with Crippen molar-refractivity contribution in [3.05, 3.63) is 41.5 Å². The first-order valence-corrected chi connectivity index (χ1v) is 6.71. The first-order valence-electron chi connectivity index (χ1n) is 6.71. The molecule has 3 N–H and O–H groups in total. The lowest BCUT2D eigenvalue weighted by Crippen LogP contribution is -2.16. The van der Waals surface area contributed by atoms with Gasteiger partial charge in [0.2, 0.25) is 0 Å². The fraction of sp³-hybridized carbons (Fsp3) is 0.429.